The Morgan fingerprint density at radius 3 is 2.87 bits per heavy atom. The van der Waals surface area contributed by atoms with E-state index in [1.165, 1.54) is 0 Å². The third kappa shape index (κ3) is 3.90. The number of nitrogens with one attached hydrogen (secondary N) is 1. The molecule has 0 radical (unpaired) electrons. The van der Waals surface area contributed by atoms with Gasteiger partial charge in [0.2, 0.25) is 0 Å². The fraction of sp³-hybridized carbons (Fsp3) is 0.176. The molecule has 0 saturated carbocycles. The Bertz CT molecular complexity index is 747. The van der Waals surface area contributed by atoms with E-state index in [0.29, 0.717) is 11.4 Å². The van der Waals surface area contributed by atoms with Gasteiger partial charge in [0.05, 0.1) is 12.1 Å². The van der Waals surface area contributed by atoms with Crippen LogP contribution in [0.3, 0.4) is 0 Å². The predicted octanol–water partition coefficient (Wildman–Crippen LogP) is 3.28. The molecule has 0 aromatic heterocycles. The van der Waals surface area contributed by atoms with Gasteiger partial charge in [-0.05, 0) is 29.8 Å². The van der Waals surface area contributed by atoms with Gasteiger partial charge in [-0.15, -0.1) is 0 Å². The highest BCUT2D eigenvalue weighted by Gasteiger charge is 2.30. The summed E-state index contributed by atoms with van der Waals surface area (Å²) in [5.74, 6) is -0.274. The Balaban J connectivity index is 1.57. The zero-order valence-corrected chi connectivity index (χ0v) is 13.7. The van der Waals surface area contributed by atoms with Crippen molar-refractivity contribution in [3.63, 3.8) is 0 Å². The van der Waals surface area contributed by atoms with Gasteiger partial charge in [0.1, 0.15) is 12.4 Å². The summed E-state index contributed by atoms with van der Waals surface area (Å²) in [4.78, 5) is 23.9. The molecule has 2 aromatic rings. The second-order valence-electron chi connectivity index (χ2n) is 5.09. The van der Waals surface area contributed by atoms with Crippen molar-refractivity contribution in [1.29, 1.82) is 0 Å². The zero-order chi connectivity index (χ0) is 16.2. The maximum atomic E-state index is 12.0. The summed E-state index contributed by atoms with van der Waals surface area (Å²) in [5.41, 5.74) is 1.48. The minimum absolute atomic E-state index is 0.131. The molecular weight excluding hydrogens is 362 g/mol. The number of amides is 1. The summed E-state index contributed by atoms with van der Waals surface area (Å²) in [7, 11) is 0. The van der Waals surface area contributed by atoms with Crippen molar-refractivity contribution in [1.82, 2.24) is 0 Å². The molecule has 5 nitrogen and oxygen atoms in total. The quantitative estimate of drug-likeness (QED) is 0.832. The van der Waals surface area contributed by atoms with Crippen molar-refractivity contribution >= 4 is 33.5 Å². The van der Waals surface area contributed by atoms with E-state index in [0.717, 1.165) is 10.0 Å². The molecule has 1 N–H and O–H groups in total. The second-order valence-corrected chi connectivity index (χ2v) is 6.00. The molecule has 118 valence electrons. The van der Waals surface area contributed by atoms with Crippen LogP contribution in [-0.2, 0) is 20.9 Å². The number of esters is 1. The zero-order valence-electron chi connectivity index (χ0n) is 12.1. The second kappa shape index (κ2) is 6.83. The summed E-state index contributed by atoms with van der Waals surface area (Å²) < 4.78 is 11.7. The largest absolute Gasteiger partial charge is 0.478 e. The number of hydrogen-bond donors (Lipinski definition) is 1. The van der Waals surface area contributed by atoms with Crippen LogP contribution < -0.4 is 10.1 Å². The van der Waals surface area contributed by atoms with Gasteiger partial charge in [-0.3, -0.25) is 9.59 Å². The van der Waals surface area contributed by atoms with E-state index in [4.69, 9.17) is 9.47 Å². The number of para-hydroxylation sites is 2. The van der Waals surface area contributed by atoms with Crippen molar-refractivity contribution in [2.75, 3.05) is 5.32 Å². The molecule has 1 aliphatic heterocycles. The first-order valence-corrected chi connectivity index (χ1v) is 7.88. The van der Waals surface area contributed by atoms with Crippen LogP contribution in [0.1, 0.15) is 12.0 Å². The van der Waals surface area contributed by atoms with Crippen molar-refractivity contribution < 1.29 is 19.1 Å². The van der Waals surface area contributed by atoms with Gasteiger partial charge in [-0.25, -0.2) is 0 Å². The monoisotopic (exact) mass is 375 g/mol. The molecule has 0 bridgehead atoms. The van der Waals surface area contributed by atoms with Gasteiger partial charge in [0.15, 0.2) is 6.10 Å². The lowest BCUT2D eigenvalue weighted by Crippen LogP contribution is -2.38. The van der Waals surface area contributed by atoms with Gasteiger partial charge < -0.3 is 14.8 Å². The highest BCUT2D eigenvalue weighted by Crippen LogP contribution is 2.29. The van der Waals surface area contributed by atoms with Crippen molar-refractivity contribution in [3.05, 3.63) is 58.6 Å². The number of carbonyl (C=O) groups is 2. The first kappa shape index (κ1) is 15.6. The van der Waals surface area contributed by atoms with Gasteiger partial charge >= 0.3 is 5.97 Å². The minimum Gasteiger partial charge on any atom is -0.478 e. The summed E-state index contributed by atoms with van der Waals surface area (Å²) >= 11 is 3.36. The van der Waals surface area contributed by atoms with Crippen LogP contribution in [0.25, 0.3) is 0 Å². The maximum Gasteiger partial charge on any atom is 0.310 e. The predicted molar refractivity (Wildman–Crippen MR) is 88.0 cm³/mol. The van der Waals surface area contributed by atoms with E-state index in [-0.39, 0.29) is 18.9 Å². The summed E-state index contributed by atoms with van der Waals surface area (Å²) in [6.07, 6.45) is -1.01. The van der Waals surface area contributed by atoms with Gasteiger partial charge in [-0.1, -0.05) is 40.2 Å². The molecule has 0 fully saturated rings. The molecule has 1 aliphatic rings. The highest BCUT2D eigenvalue weighted by atomic mass is 79.9. The fourth-order valence-electron chi connectivity index (χ4n) is 2.23. The molecule has 6 heteroatoms. The SMILES string of the molecule is O=C(CC1Oc2ccccc2NC1=O)OCc1cccc(Br)c1. The van der Waals surface area contributed by atoms with E-state index in [1.54, 1.807) is 24.3 Å². The molecule has 1 heterocycles. The van der Waals surface area contributed by atoms with E-state index >= 15 is 0 Å². The molecule has 0 spiro atoms. The summed E-state index contributed by atoms with van der Waals surface area (Å²) in [6.45, 7) is 0.156. The van der Waals surface area contributed by atoms with E-state index in [1.807, 2.05) is 24.3 Å². The van der Waals surface area contributed by atoms with Gasteiger partial charge in [0.25, 0.3) is 5.91 Å². The number of rotatable bonds is 4. The number of ether oxygens (including phenoxy) is 2. The Labute approximate surface area is 141 Å². The molecule has 0 saturated heterocycles. The third-order valence-electron chi connectivity index (χ3n) is 3.35. The van der Waals surface area contributed by atoms with Crippen LogP contribution in [0.15, 0.2) is 53.0 Å². The molecule has 1 unspecified atom stereocenters. The van der Waals surface area contributed by atoms with E-state index in [2.05, 4.69) is 21.2 Å². The molecule has 1 atom stereocenters. The Morgan fingerprint density at radius 2 is 2.04 bits per heavy atom. The number of anilines is 1. The summed E-state index contributed by atoms with van der Waals surface area (Å²) in [5, 5.41) is 2.72. The van der Waals surface area contributed by atoms with Gasteiger partial charge in [-0.2, -0.15) is 0 Å². The van der Waals surface area contributed by atoms with Crippen molar-refractivity contribution in [2.24, 2.45) is 0 Å². The van der Waals surface area contributed by atoms with Gasteiger partial charge in [0, 0.05) is 4.47 Å². The number of benzene rings is 2. The molecule has 23 heavy (non-hydrogen) atoms. The molecule has 3 rings (SSSR count). The van der Waals surface area contributed by atoms with Crippen LogP contribution in [0, 0.1) is 0 Å². The molecule has 0 aliphatic carbocycles. The third-order valence-corrected chi connectivity index (χ3v) is 3.84. The molecule has 2 aromatic carbocycles. The Kier molecular flexibility index (Phi) is 4.62. The van der Waals surface area contributed by atoms with Crippen LogP contribution in [0.2, 0.25) is 0 Å². The lowest BCUT2D eigenvalue weighted by molar-refractivity contribution is -0.149. The number of halogens is 1. The topological polar surface area (TPSA) is 64.6 Å². The Morgan fingerprint density at radius 1 is 1.22 bits per heavy atom. The highest BCUT2D eigenvalue weighted by molar-refractivity contribution is 9.10. The standard InChI is InChI=1S/C17H14BrNO4/c18-12-5-3-4-11(8-12)10-22-16(20)9-15-17(21)19-13-6-1-2-7-14(13)23-15/h1-8,15H,9-10H2,(H,19,21). The van der Waals surface area contributed by atoms with Crippen LogP contribution in [0.5, 0.6) is 5.75 Å². The number of carbonyl (C=O) groups excluding carboxylic acids is 2. The van der Waals surface area contributed by atoms with E-state index in [9.17, 15) is 9.59 Å². The van der Waals surface area contributed by atoms with Crippen LogP contribution in [-0.4, -0.2) is 18.0 Å². The maximum absolute atomic E-state index is 12.0. The average molecular weight is 376 g/mol. The molecular formula is C17H14BrNO4. The van der Waals surface area contributed by atoms with E-state index < -0.39 is 12.1 Å². The first-order chi connectivity index (χ1) is 11.1. The minimum atomic E-state index is -0.875. The van der Waals surface area contributed by atoms with Crippen molar-refractivity contribution in [2.45, 2.75) is 19.1 Å². The Hall–Kier alpha value is -2.34. The van der Waals surface area contributed by atoms with Crippen LogP contribution in [0.4, 0.5) is 5.69 Å². The number of fused-ring (bicyclic) bond motifs is 1. The lowest BCUT2D eigenvalue weighted by Gasteiger charge is -2.25. The summed E-state index contributed by atoms with van der Waals surface area (Å²) in [6, 6.07) is 14.6. The van der Waals surface area contributed by atoms with Crippen LogP contribution >= 0.6 is 15.9 Å². The fourth-order valence-corrected chi connectivity index (χ4v) is 2.67. The number of hydrogen-bond acceptors (Lipinski definition) is 4. The average Bonchev–Trinajstić information content (AvgIpc) is 2.54. The molecule has 1 amide bonds. The first-order valence-electron chi connectivity index (χ1n) is 7.08. The smallest absolute Gasteiger partial charge is 0.310 e. The lowest BCUT2D eigenvalue weighted by atomic mass is 10.1. The normalized spacial score (nSPS) is 16.0. The van der Waals surface area contributed by atoms with Crippen molar-refractivity contribution in [3.8, 4) is 5.75 Å².